The number of hydrogen-bond acceptors (Lipinski definition) is 7. The Kier molecular flexibility index (Phi) is 5.40. The molecule has 0 bridgehead atoms. The molecule has 29 heavy (non-hydrogen) atoms. The summed E-state index contributed by atoms with van der Waals surface area (Å²) in [6, 6.07) is 11.3. The second-order valence-electron chi connectivity index (χ2n) is 6.19. The summed E-state index contributed by atoms with van der Waals surface area (Å²) in [5.41, 5.74) is 1.88. The van der Waals surface area contributed by atoms with E-state index in [9.17, 15) is 4.79 Å². The number of ether oxygens (including phenoxy) is 2. The highest BCUT2D eigenvalue weighted by molar-refractivity contribution is 7.21. The molecule has 0 fully saturated rings. The van der Waals surface area contributed by atoms with E-state index in [1.54, 1.807) is 26.4 Å². The maximum atomic E-state index is 12.7. The Hall–Kier alpha value is -2.68. The number of anilines is 1. The SMILES string of the molecule is COc1ccc(-c2nsc(NC(=O)c3sc4cc(C)ccc4c3Cl)n2)cc1OC. The molecule has 2 aromatic heterocycles. The van der Waals surface area contributed by atoms with E-state index in [1.165, 1.54) is 11.3 Å². The predicted octanol–water partition coefficient (Wildman–Crippen LogP) is 5.65. The molecule has 0 aliphatic rings. The molecule has 0 aliphatic carbocycles. The molecule has 2 aromatic carbocycles. The molecule has 1 N–H and O–H groups in total. The lowest BCUT2D eigenvalue weighted by molar-refractivity contribution is 0.103. The first-order valence-corrected chi connectivity index (χ1v) is 10.5. The third kappa shape index (κ3) is 3.78. The lowest BCUT2D eigenvalue weighted by Gasteiger charge is -2.07. The van der Waals surface area contributed by atoms with Crippen molar-refractivity contribution in [1.29, 1.82) is 0 Å². The molecule has 0 spiro atoms. The second kappa shape index (κ2) is 7.98. The zero-order valence-corrected chi connectivity index (χ0v) is 18.2. The van der Waals surface area contributed by atoms with Crippen molar-refractivity contribution in [2.24, 2.45) is 0 Å². The normalized spacial score (nSPS) is 10.9. The number of hydrogen-bond donors (Lipinski definition) is 1. The van der Waals surface area contributed by atoms with Gasteiger partial charge in [-0.3, -0.25) is 10.1 Å². The van der Waals surface area contributed by atoms with Crippen LogP contribution in [0, 0.1) is 6.92 Å². The fourth-order valence-corrected chi connectivity index (χ4v) is 4.93. The third-order valence-electron chi connectivity index (χ3n) is 4.28. The highest BCUT2D eigenvalue weighted by atomic mass is 35.5. The molecule has 1 amide bonds. The fourth-order valence-electron chi connectivity index (χ4n) is 2.84. The number of nitrogens with one attached hydrogen (secondary N) is 1. The first-order chi connectivity index (χ1) is 14.0. The molecule has 4 rings (SSSR count). The molecule has 6 nitrogen and oxygen atoms in total. The van der Waals surface area contributed by atoms with Gasteiger partial charge in [-0.25, -0.2) is 0 Å². The first kappa shape index (κ1) is 19.6. The number of halogens is 1. The van der Waals surface area contributed by atoms with Crippen molar-refractivity contribution in [2.45, 2.75) is 6.92 Å². The van der Waals surface area contributed by atoms with Crippen LogP contribution in [0.1, 0.15) is 15.2 Å². The fraction of sp³-hybridized carbons (Fsp3) is 0.150. The molecule has 0 unspecified atom stereocenters. The summed E-state index contributed by atoms with van der Waals surface area (Å²) >= 11 is 8.89. The van der Waals surface area contributed by atoms with Crippen LogP contribution in [0.25, 0.3) is 21.5 Å². The van der Waals surface area contributed by atoms with Crippen LogP contribution >= 0.6 is 34.5 Å². The van der Waals surface area contributed by atoms with E-state index in [4.69, 9.17) is 21.1 Å². The van der Waals surface area contributed by atoms with Crippen molar-refractivity contribution in [3.05, 3.63) is 51.9 Å². The van der Waals surface area contributed by atoms with Gasteiger partial charge in [0.2, 0.25) is 5.13 Å². The molecule has 0 atom stereocenters. The van der Waals surface area contributed by atoms with Gasteiger partial charge in [0.25, 0.3) is 5.91 Å². The molecule has 9 heteroatoms. The van der Waals surface area contributed by atoms with Crippen LogP contribution in [0.3, 0.4) is 0 Å². The van der Waals surface area contributed by atoms with Crippen LogP contribution in [0.2, 0.25) is 5.02 Å². The summed E-state index contributed by atoms with van der Waals surface area (Å²) < 4.78 is 15.9. The summed E-state index contributed by atoms with van der Waals surface area (Å²) in [6.45, 7) is 2.00. The summed E-state index contributed by atoms with van der Waals surface area (Å²) in [6.07, 6.45) is 0. The molecule has 0 saturated carbocycles. The number of nitrogens with zero attached hydrogens (tertiary/aromatic N) is 2. The zero-order valence-electron chi connectivity index (χ0n) is 15.8. The molecular formula is C20H16ClN3O3S2. The number of rotatable bonds is 5. The lowest BCUT2D eigenvalue weighted by atomic mass is 10.2. The average molecular weight is 446 g/mol. The van der Waals surface area contributed by atoms with E-state index in [-0.39, 0.29) is 5.91 Å². The topological polar surface area (TPSA) is 73.3 Å². The Morgan fingerprint density at radius 1 is 1.10 bits per heavy atom. The van der Waals surface area contributed by atoms with Crippen LogP contribution < -0.4 is 14.8 Å². The van der Waals surface area contributed by atoms with Crippen LogP contribution in [-0.4, -0.2) is 29.5 Å². The number of aromatic nitrogens is 2. The van der Waals surface area contributed by atoms with Crippen molar-refractivity contribution in [3.63, 3.8) is 0 Å². The van der Waals surface area contributed by atoms with Gasteiger partial charge < -0.3 is 9.47 Å². The minimum Gasteiger partial charge on any atom is -0.493 e. The Balaban J connectivity index is 1.58. The van der Waals surface area contributed by atoms with Crippen LogP contribution in [-0.2, 0) is 0 Å². The van der Waals surface area contributed by atoms with E-state index < -0.39 is 0 Å². The van der Waals surface area contributed by atoms with Gasteiger partial charge in [0.15, 0.2) is 17.3 Å². The molecule has 0 aliphatic heterocycles. The van der Waals surface area contributed by atoms with E-state index in [0.29, 0.717) is 32.4 Å². The summed E-state index contributed by atoms with van der Waals surface area (Å²) in [7, 11) is 3.14. The van der Waals surface area contributed by atoms with Gasteiger partial charge in [0.1, 0.15) is 4.88 Å². The number of fused-ring (bicyclic) bond motifs is 1. The van der Waals surface area contributed by atoms with Crippen molar-refractivity contribution in [3.8, 4) is 22.9 Å². The van der Waals surface area contributed by atoms with Crippen molar-refractivity contribution >= 4 is 55.6 Å². The van der Waals surface area contributed by atoms with Gasteiger partial charge in [-0.15, -0.1) is 11.3 Å². The number of amides is 1. The lowest BCUT2D eigenvalue weighted by Crippen LogP contribution is -2.10. The van der Waals surface area contributed by atoms with Gasteiger partial charge in [0.05, 0.1) is 19.2 Å². The monoisotopic (exact) mass is 445 g/mol. The Labute approximate surface area is 180 Å². The van der Waals surface area contributed by atoms with Crippen molar-refractivity contribution in [2.75, 3.05) is 19.5 Å². The maximum Gasteiger partial charge on any atom is 0.269 e. The van der Waals surface area contributed by atoms with Gasteiger partial charge in [-0.05, 0) is 36.8 Å². The van der Waals surface area contributed by atoms with Crippen molar-refractivity contribution < 1.29 is 14.3 Å². The van der Waals surface area contributed by atoms with Crippen molar-refractivity contribution in [1.82, 2.24) is 9.36 Å². The van der Waals surface area contributed by atoms with Crippen LogP contribution in [0.15, 0.2) is 36.4 Å². The van der Waals surface area contributed by atoms with E-state index in [2.05, 4.69) is 14.7 Å². The summed E-state index contributed by atoms with van der Waals surface area (Å²) in [4.78, 5) is 17.6. The maximum absolute atomic E-state index is 12.7. The highest BCUT2D eigenvalue weighted by Crippen LogP contribution is 2.37. The quantitative estimate of drug-likeness (QED) is 0.429. The molecular weight excluding hydrogens is 430 g/mol. The van der Waals surface area contributed by atoms with E-state index in [1.807, 2.05) is 31.2 Å². The molecule has 0 saturated heterocycles. The number of carbonyl (C=O) groups excluding carboxylic acids is 1. The van der Waals surface area contributed by atoms with E-state index >= 15 is 0 Å². The average Bonchev–Trinajstić information content (AvgIpc) is 3.31. The Morgan fingerprint density at radius 3 is 2.66 bits per heavy atom. The second-order valence-corrected chi connectivity index (χ2v) is 8.37. The molecule has 4 aromatic rings. The number of aryl methyl sites for hydroxylation is 1. The minimum atomic E-state index is -0.302. The van der Waals surface area contributed by atoms with Crippen LogP contribution in [0.5, 0.6) is 11.5 Å². The Morgan fingerprint density at radius 2 is 1.90 bits per heavy atom. The third-order valence-corrected chi connectivity index (χ3v) is 6.57. The summed E-state index contributed by atoms with van der Waals surface area (Å²) in [5.74, 6) is 1.39. The zero-order chi connectivity index (χ0) is 20.5. The first-order valence-electron chi connectivity index (χ1n) is 8.56. The predicted molar refractivity (Wildman–Crippen MR) is 118 cm³/mol. The standard InChI is InChI=1S/C20H16ClN3O3S2/c1-10-4-6-12-15(8-10)28-17(16(12)21)19(25)23-20-22-18(24-29-20)11-5-7-13(26-2)14(9-11)27-3/h4-9H,1-3H3,(H,22,23,24,25). The van der Waals surface area contributed by atoms with Gasteiger partial charge in [-0.1, -0.05) is 23.7 Å². The summed E-state index contributed by atoms with van der Waals surface area (Å²) in [5, 5.41) is 4.51. The molecule has 0 radical (unpaired) electrons. The van der Waals surface area contributed by atoms with E-state index in [0.717, 1.165) is 32.7 Å². The van der Waals surface area contributed by atoms with Gasteiger partial charge >= 0.3 is 0 Å². The minimum absolute atomic E-state index is 0.302. The smallest absolute Gasteiger partial charge is 0.269 e. The van der Waals surface area contributed by atoms with Crippen LogP contribution in [0.4, 0.5) is 5.13 Å². The Bertz CT molecular complexity index is 1220. The number of methoxy groups -OCH3 is 2. The molecule has 2 heterocycles. The number of carbonyl (C=O) groups is 1. The largest absolute Gasteiger partial charge is 0.493 e. The number of thiophene rings is 1. The molecule has 148 valence electrons. The van der Waals surface area contributed by atoms with Gasteiger partial charge in [0, 0.05) is 27.2 Å². The number of benzene rings is 2. The van der Waals surface area contributed by atoms with Gasteiger partial charge in [-0.2, -0.15) is 9.36 Å². The highest BCUT2D eigenvalue weighted by Gasteiger charge is 2.19.